The fourth-order valence-electron chi connectivity index (χ4n) is 2.83. The number of rotatable bonds is 2. The summed E-state index contributed by atoms with van der Waals surface area (Å²) in [4.78, 5) is 2.79. The van der Waals surface area contributed by atoms with E-state index in [0.29, 0.717) is 0 Å². The highest BCUT2D eigenvalue weighted by molar-refractivity contribution is 4.83. The van der Waals surface area contributed by atoms with Gasteiger partial charge in [0, 0.05) is 12.6 Å². The summed E-state index contributed by atoms with van der Waals surface area (Å²) in [6, 6.07) is 0.967. The van der Waals surface area contributed by atoms with Gasteiger partial charge in [0.15, 0.2) is 0 Å². The van der Waals surface area contributed by atoms with Gasteiger partial charge in [0.05, 0.1) is 0 Å². The summed E-state index contributed by atoms with van der Waals surface area (Å²) >= 11 is 0. The van der Waals surface area contributed by atoms with Gasteiger partial charge in [-0.25, -0.2) is 0 Å². The molecule has 0 spiro atoms. The lowest BCUT2D eigenvalue weighted by Crippen LogP contribution is -2.42. The first-order chi connectivity index (χ1) is 6.77. The molecule has 1 atom stereocenters. The standard InChI is InChI=1S/C13H25N/c1-11(2)12-6-3-4-9-14(10-12)13-7-5-8-13/h11-13H,3-10H2,1-2H3. The first-order valence-corrected chi connectivity index (χ1v) is 6.51. The SMILES string of the molecule is CC(C)C1CCCCN(C2CCC2)C1. The minimum atomic E-state index is 0.885. The van der Waals surface area contributed by atoms with Crippen LogP contribution >= 0.6 is 0 Å². The topological polar surface area (TPSA) is 3.24 Å². The van der Waals surface area contributed by atoms with Gasteiger partial charge in [-0.05, 0) is 44.1 Å². The summed E-state index contributed by atoms with van der Waals surface area (Å²) in [5.41, 5.74) is 0. The number of nitrogens with zero attached hydrogens (tertiary/aromatic N) is 1. The Morgan fingerprint density at radius 1 is 1.00 bits per heavy atom. The van der Waals surface area contributed by atoms with E-state index in [0.717, 1.165) is 17.9 Å². The third kappa shape index (κ3) is 2.31. The van der Waals surface area contributed by atoms with Gasteiger partial charge < -0.3 is 4.90 Å². The van der Waals surface area contributed by atoms with Crippen molar-refractivity contribution < 1.29 is 0 Å². The van der Waals surface area contributed by atoms with Gasteiger partial charge in [0.25, 0.3) is 0 Å². The molecule has 1 aliphatic heterocycles. The summed E-state index contributed by atoms with van der Waals surface area (Å²) in [7, 11) is 0. The molecule has 0 aromatic carbocycles. The van der Waals surface area contributed by atoms with Crippen LogP contribution in [0.4, 0.5) is 0 Å². The average Bonchev–Trinajstić information content (AvgIpc) is 2.26. The van der Waals surface area contributed by atoms with Crippen molar-refractivity contribution in [3.8, 4) is 0 Å². The predicted octanol–water partition coefficient (Wildman–Crippen LogP) is 3.30. The second-order valence-electron chi connectivity index (χ2n) is 5.58. The van der Waals surface area contributed by atoms with E-state index in [1.54, 1.807) is 0 Å². The van der Waals surface area contributed by atoms with Crippen LogP contribution in [0, 0.1) is 11.8 Å². The van der Waals surface area contributed by atoms with Crippen molar-refractivity contribution in [1.82, 2.24) is 4.90 Å². The first kappa shape index (κ1) is 10.5. The molecule has 2 rings (SSSR count). The molecular formula is C13H25N. The highest BCUT2D eigenvalue weighted by atomic mass is 15.2. The zero-order valence-electron chi connectivity index (χ0n) is 9.84. The maximum absolute atomic E-state index is 2.79. The van der Waals surface area contributed by atoms with E-state index in [1.165, 1.54) is 51.6 Å². The monoisotopic (exact) mass is 195 g/mol. The Labute approximate surface area is 88.9 Å². The van der Waals surface area contributed by atoms with Crippen molar-refractivity contribution in [2.75, 3.05) is 13.1 Å². The van der Waals surface area contributed by atoms with Crippen molar-refractivity contribution in [2.24, 2.45) is 11.8 Å². The second-order valence-corrected chi connectivity index (χ2v) is 5.58. The van der Waals surface area contributed by atoms with Crippen LogP contribution in [0.1, 0.15) is 52.4 Å². The molecule has 0 aromatic heterocycles. The lowest BCUT2D eigenvalue weighted by atomic mass is 9.88. The van der Waals surface area contributed by atoms with Gasteiger partial charge in [0.2, 0.25) is 0 Å². The van der Waals surface area contributed by atoms with Crippen LogP contribution in [0.2, 0.25) is 0 Å². The minimum absolute atomic E-state index is 0.885. The molecule has 1 unspecified atom stereocenters. The van der Waals surface area contributed by atoms with Crippen LogP contribution in [-0.4, -0.2) is 24.0 Å². The molecule has 1 nitrogen and oxygen atoms in total. The Balaban J connectivity index is 1.89. The predicted molar refractivity (Wildman–Crippen MR) is 61.4 cm³/mol. The van der Waals surface area contributed by atoms with Crippen molar-refractivity contribution in [1.29, 1.82) is 0 Å². The zero-order valence-corrected chi connectivity index (χ0v) is 9.84. The molecule has 1 aliphatic carbocycles. The Bertz CT molecular complexity index is 172. The van der Waals surface area contributed by atoms with Gasteiger partial charge in [-0.2, -0.15) is 0 Å². The lowest BCUT2D eigenvalue weighted by molar-refractivity contribution is 0.107. The van der Waals surface area contributed by atoms with Crippen LogP contribution in [0.25, 0.3) is 0 Å². The maximum Gasteiger partial charge on any atom is 0.00953 e. The third-order valence-corrected chi connectivity index (χ3v) is 4.27. The van der Waals surface area contributed by atoms with Crippen molar-refractivity contribution >= 4 is 0 Å². The van der Waals surface area contributed by atoms with Crippen molar-refractivity contribution in [2.45, 2.75) is 58.4 Å². The molecule has 1 saturated carbocycles. The van der Waals surface area contributed by atoms with E-state index in [1.807, 2.05) is 0 Å². The molecule has 1 heterocycles. The Kier molecular flexibility index (Phi) is 3.48. The van der Waals surface area contributed by atoms with Crippen LogP contribution in [0.5, 0.6) is 0 Å². The summed E-state index contributed by atoms with van der Waals surface area (Å²) in [5, 5.41) is 0. The average molecular weight is 195 g/mol. The molecule has 2 aliphatic rings. The van der Waals surface area contributed by atoms with E-state index in [2.05, 4.69) is 18.7 Å². The molecule has 1 heteroatoms. The zero-order chi connectivity index (χ0) is 9.97. The normalized spacial score (nSPS) is 31.5. The van der Waals surface area contributed by atoms with Crippen LogP contribution in [-0.2, 0) is 0 Å². The largest absolute Gasteiger partial charge is 0.300 e. The molecule has 1 saturated heterocycles. The number of hydrogen-bond donors (Lipinski definition) is 0. The van der Waals surface area contributed by atoms with Gasteiger partial charge in [-0.15, -0.1) is 0 Å². The Morgan fingerprint density at radius 3 is 2.36 bits per heavy atom. The summed E-state index contributed by atoms with van der Waals surface area (Å²) < 4.78 is 0. The number of hydrogen-bond acceptors (Lipinski definition) is 1. The number of likely N-dealkylation sites (tertiary alicyclic amines) is 1. The molecule has 14 heavy (non-hydrogen) atoms. The maximum atomic E-state index is 2.79. The lowest BCUT2D eigenvalue weighted by Gasteiger charge is -2.38. The molecule has 82 valence electrons. The molecular weight excluding hydrogens is 170 g/mol. The van der Waals surface area contributed by atoms with Gasteiger partial charge in [-0.1, -0.05) is 26.7 Å². The third-order valence-electron chi connectivity index (χ3n) is 4.27. The Morgan fingerprint density at radius 2 is 1.79 bits per heavy atom. The van der Waals surface area contributed by atoms with Crippen molar-refractivity contribution in [3.63, 3.8) is 0 Å². The molecule has 2 fully saturated rings. The summed E-state index contributed by atoms with van der Waals surface area (Å²) in [6.45, 7) is 7.57. The smallest absolute Gasteiger partial charge is 0.00953 e. The van der Waals surface area contributed by atoms with Gasteiger partial charge >= 0.3 is 0 Å². The first-order valence-electron chi connectivity index (χ1n) is 6.51. The Hall–Kier alpha value is -0.0400. The second kappa shape index (κ2) is 4.65. The van der Waals surface area contributed by atoms with Crippen LogP contribution < -0.4 is 0 Å². The van der Waals surface area contributed by atoms with E-state index >= 15 is 0 Å². The highest BCUT2D eigenvalue weighted by Crippen LogP contribution is 2.30. The minimum Gasteiger partial charge on any atom is -0.300 e. The molecule has 0 aromatic rings. The van der Waals surface area contributed by atoms with Crippen LogP contribution in [0.15, 0.2) is 0 Å². The van der Waals surface area contributed by atoms with E-state index in [-0.39, 0.29) is 0 Å². The molecule has 0 amide bonds. The van der Waals surface area contributed by atoms with Crippen molar-refractivity contribution in [3.05, 3.63) is 0 Å². The van der Waals surface area contributed by atoms with Gasteiger partial charge in [0.1, 0.15) is 0 Å². The quantitative estimate of drug-likeness (QED) is 0.653. The van der Waals surface area contributed by atoms with Crippen LogP contribution in [0.3, 0.4) is 0 Å². The summed E-state index contributed by atoms with van der Waals surface area (Å²) in [6.07, 6.45) is 8.82. The molecule has 0 bridgehead atoms. The van der Waals surface area contributed by atoms with Gasteiger partial charge in [-0.3, -0.25) is 0 Å². The fourth-order valence-corrected chi connectivity index (χ4v) is 2.83. The van der Waals surface area contributed by atoms with E-state index in [4.69, 9.17) is 0 Å². The van der Waals surface area contributed by atoms with E-state index < -0.39 is 0 Å². The fraction of sp³-hybridized carbons (Fsp3) is 1.00. The molecule has 0 radical (unpaired) electrons. The summed E-state index contributed by atoms with van der Waals surface area (Å²) in [5.74, 6) is 1.86. The van der Waals surface area contributed by atoms with E-state index in [9.17, 15) is 0 Å². The highest BCUT2D eigenvalue weighted by Gasteiger charge is 2.28. The molecule has 0 N–H and O–H groups in total.